The third kappa shape index (κ3) is 2.26. The van der Waals surface area contributed by atoms with Gasteiger partial charge >= 0.3 is 0 Å². The highest BCUT2D eigenvalue weighted by Crippen LogP contribution is 2.32. The van der Waals surface area contributed by atoms with Gasteiger partial charge in [0.15, 0.2) is 0 Å². The topological polar surface area (TPSA) is 67.9 Å². The van der Waals surface area contributed by atoms with Gasteiger partial charge in [0.2, 0.25) is 5.95 Å². The maximum absolute atomic E-state index is 6.10. The zero-order chi connectivity index (χ0) is 13.6. The number of nitrogen functional groups attached to an aromatic ring is 1. The minimum Gasteiger partial charge on any atom is -0.368 e. The summed E-state index contributed by atoms with van der Waals surface area (Å²) in [6.07, 6.45) is 0.859. The Bertz CT molecular complexity index is 620. The molecule has 0 bridgehead atoms. The fraction of sp³-hybridized carbons (Fsp3) is 0.417. The number of rotatable bonds is 2. The second-order valence-electron chi connectivity index (χ2n) is 4.60. The first kappa shape index (κ1) is 12.6. The predicted molar refractivity (Wildman–Crippen MR) is 77.8 cm³/mol. The van der Waals surface area contributed by atoms with Crippen LogP contribution in [0.4, 0.5) is 11.8 Å². The molecule has 7 heteroatoms. The second kappa shape index (κ2) is 4.61. The van der Waals surface area contributed by atoms with Crippen molar-refractivity contribution in [3.05, 3.63) is 26.3 Å². The number of halogens is 1. The molecular formula is C12H14ClN5S. The van der Waals surface area contributed by atoms with E-state index in [9.17, 15) is 0 Å². The quantitative estimate of drug-likeness (QED) is 0.861. The lowest BCUT2D eigenvalue weighted by molar-refractivity contribution is 0.817. The van der Waals surface area contributed by atoms with Crippen molar-refractivity contribution in [2.75, 3.05) is 17.2 Å². The van der Waals surface area contributed by atoms with Crippen LogP contribution in [0.3, 0.4) is 0 Å². The molecule has 0 saturated heterocycles. The van der Waals surface area contributed by atoms with Crippen LogP contribution >= 0.6 is 22.9 Å². The lowest BCUT2D eigenvalue weighted by Gasteiger charge is -2.16. The Morgan fingerprint density at radius 2 is 2.11 bits per heavy atom. The van der Waals surface area contributed by atoms with Gasteiger partial charge in [0.05, 0.1) is 12.2 Å². The van der Waals surface area contributed by atoms with Crippen LogP contribution in [-0.2, 0) is 13.0 Å². The summed E-state index contributed by atoms with van der Waals surface area (Å²) in [6, 6.07) is 0. The van der Waals surface area contributed by atoms with Gasteiger partial charge in [-0.15, -0.1) is 11.3 Å². The van der Waals surface area contributed by atoms with E-state index in [0.717, 1.165) is 41.6 Å². The van der Waals surface area contributed by atoms with Crippen molar-refractivity contribution in [2.45, 2.75) is 26.8 Å². The molecule has 0 spiro atoms. The molecule has 1 aliphatic rings. The van der Waals surface area contributed by atoms with Crippen LogP contribution in [0.5, 0.6) is 0 Å². The van der Waals surface area contributed by atoms with E-state index in [2.05, 4.69) is 26.8 Å². The molecule has 0 aliphatic carbocycles. The minimum absolute atomic E-state index is 0.224. The molecule has 19 heavy (non-hydrogen) atoms. The number of nitrogens with two attached hydrogens (primary N) is 1. The van der Waals surface area contributed by atoms with Gasteiger partial charge in [-0.3, -0.25) is 0 Å². The summed E-state index contributed by atoms with van der Waals surface area (Å²) in [4.78, 5) is 16.3. The number of anilines is 2. The Morgan fingerprint density at radius 1 is 1.32 bits per heavy atom. The first-order chi connectivity index (χ1) is 9.04. The normalized spacial score (nSPS) is 13.9. The number of hydrogen-bond donors (Lipinski definition) is 1. The van der Waals surface area contributed by atoms with Crippen LogP contribution in [0.2, 0.25) is 5.15 Å². The van der Waals surface area contributed by atoms with E-state index >= 15 is 0 Å². The fourth-order valence-corrected chi connectivity index (χ4v) is 3.43. The fourth-order valence-electron chi connectivity index (χ4n) is 2.21. The van der Waals surface area contributed by atoms with Gasteiger partial charge < -0.3 is 10.6 Å². The van der Waals surface area contributed by atoms with E-state index < -0.39 is 0 Å². The molecule has 100 valence electrons. The van der Waals surface area contributed by atoms with Crippen LogP contribution in [0.15, 0.2) is 0 Å². The number of hydrogen-bond acceptors (Lipinski definition) is 6. The Hall–Kier alpha value is -1.40. The van der Waals surface area contributed by atoms with Gasteiger partial charge in [-0.1, -0.05) is 11.6 Å². The predicted octanol–water partition coefficient (Wildman–Crippen LogP) is 2.35. The van der Waals surface area contributed by atoms with Crippen molar-refractivity contribution in [3.8, 4) is 0 Å². The van der Waals surface area contributed by atoms with Crippen LogP contribution < -0.4 is 10.6 Å². The Labute approximate surface area is 120 Å². The molecule has 5 nitrogen and oxygen atoms in total. The molecule has 0 amide bonds. The second-order valence-corrected chi connectivity index (χ2v) is 6.24. The van der Waals surface area contributed by atoms with E-state index in [1.54, 1.807) is 11.3 Å². The van der Waals surface area contributed by atoms with Gasteiger partial charge in [-0.05, 0) is 20.3 Å². The zero-order valence-electron chi connectivity index (χ0n) is 10.8. The van der Waals surface area contributed by atoms with E-state index in [1.807, 2.05) is 6.92 Å². The molecule has 0 atom stereocenters. The molecule has 2 aromatic heterocycles. The van der Waals surface area contributed by atoms with Crippen LogP contribution in [0.1, 0.15) is 21.1 Å². The average Bonchev–Trinajstić information content (AvgIpc) is 2.85. The van der Waals surface area contributed by atoms with Gasteiger partial charge in [0.25, 0.3) is 0 Å². The van der Waals surface area contributed by atoms with Crippen LogP contribution in [0, 0.1) is 13.8 Å². The number of thiazole rings is 1. The number of aromatic nitrogens is 3. The molecule has 0 radical (unpaired) electrons. The molecule has 0 fully saturated rings. The van der Waals surface area contributed by atoms with Crippen LogP contribution in [0.25, 0.3) is 0 Å². The molecule has 0 saturated carbocycles. The highest BCUT2D eigenvalue weighted by molar-refractivity contribution is 7.11. The third-order valence-corrected chi connectivity index (χ3v) is 4.65. The van der Waals surface area contributed by atoms with Gasteiger partial charge in [-0.2, -0.15) is 4.98 Å². The van der Waals surface area contributed by atoms with Gasteiger partial charge in [0.1, 0.15) is 16.0 Å². The van der Waals surface area contributed by atoms with Crippen LogP contribution in [-0.4, -0.2) is 21.5 Å². The summed E-state index contributed by atoms with van der Waals surface area (Å²) in [5.74, 6) is 1.07. The van der Waals surface area contributed by atoms with Crippen molar-refractivity contribution in [1.82, 2.24) is 15.0 Å². The summed E-state index contributed by atoms with van der Waals surface area (Å²) in [7, 11) is 0. The number of aryl methyl sites for hydroxylation is 2. The minimum atomic E-state index is 0.224. The third-order valence-electron chi connectivity index (χ3n) is 3.28. The smallest absolute Gasteiger partial charge is 0.223 e. The van der Waals surface area contributed by atoms with Gasteiger partial charge in [-0.25, -0.2) is 9.97 Å². The SMILES string of the molecule is Cc1nc(CN2CCc3c(Cl)nc(N)nc32)sc1C. The molecule has 3 rings (SSSR count). The summed E-state index contributed by atoms with van der Waals surface area (Å²) in [5, 5.41) is 1.56. The molecule has 3 heterocycles. The summed E-state index contributed by atoms with van der Waals surface area (Å²) in [6.45, 7) is 5.75. The highest BCUT2D eigenvalue weighted by Gasteiger charge is 2.25. The van der Waals surface area contributed by atoms with Crippen molar-refractivity contribution in [2.24, 2.45) is 0 Å². The van der Waals surface area contributed by atoms with E-state index in [-0.39, 0.29) is 5.95 Å². The van der Waals surface area contributed by atoms with E-state index in [4.69, 9.17) is 17.3 Å². The average molecular weight is 296 g/mol. The molecular weight excluding hydrogens is 282 g/mol. The maximum atomic E-state index is 6.10. The van der Waals surface area contributed by atoms with E-state index in [1.165, 1.54) is 4.88 Å². The van der Waals surface area contributed by atoms with Crippen molar-refractivity contribution in [3.63, 3.8) is 0 Å². The van der Waals surface area contributed by atoms with Gasteiger partial charge in [0, 0.05) is 17.0 Å². The Balaban J connectivity index is 1.90. The summed E-state index contributed by atoms with van der Waals surface area (Å²) < 4.78 is 0. The first-order valence-electron chi connectivity index (χ1n) is 6.04. The zero-order valence-corrected chi connectivity index (χ0v) is 12.3. The van der Waals surface area contributed by atoms with Crippen molar-refractivity contribution >= 4 is 34.7 Å². The Kier molecular flexibility index (Phi) is 3.06. The van der Waals surface area contributed by atoms with E-state index in [0.29, 0.717) is 5.15 Å². The summed E-state index contributed by atoms with van der Waals surface area (Å²) in [5.41, 5.74) is 7.75. The van der Waals surface area contributed by atoms with Crippen molar-refractivity contribution in [1.29, 1.82) is 0 Å². The molecule has 1 aliphatic heterocycles. The number of fused-ring (bicyclic) bond motifs is 1. The summed E-state index contributed by atoms with van der Waals surface area (Å²) >= 11 is 7.83. The molecule has 0 unspecified atom stereocenters. The first-order valence-corrected chi connectivity index (χ1v) is 7.24. The lowest BCUT2D eigenvalue weighted by Crippen LogP contribution is -2.20. The molecule has 2 aromatic rings. The standard InChI is InChI=1S/C12H14ClN5S/c1-6-7(2)19-9(15-6)5-18-4-3-8-10(13)16-12(14)17-11(8)18/h3-5H2,1-2H3,(H2,14,16,17). The molecule has 0 aromatic carbocycles. The Morgan fingerprint density at radius 3 is 2.79 bits per heavy atom. The largest absolute Gasteiger partial charge is 0.368 e. The lowest BCUT2D eigenvalue weighted by atomic mass is 10.3. The number of nitrogens with zero attached hydrogens (tertiary/aromatic N) is 4. The molecule has 2 N–H and O–H groups in total. The monoisotopic (exact) mass is 295 g/mol. The highest BCUT2D eigenvalue weighted by atomic mass is 35.5. The van der Waals surface area contributed by atoms with Crippen molar-refractivity contribution < 1.29 is 0 Å². The maximum Gasteiger partial charge on any atom is 0.223 e.